The summed E-state index contributed by atoms with van der Waals surface area (Å²) < 4.78 is 7.16. The van der Waals surface area contributed by atoms with Crippen molar-refractivity contribution in [1.82, 2.24) is 14.4 Å². The molecule has 0 fully saturated rings. The van der Waals surface area contributed by atoms with Gasteiger partial charge in [-0.05, 0) is 36.6 Å². The van der Waals surface area contributed by atoms with Gasteiger partial charge < -0.3 is 19.1 Å². The maximum absolute atomic E-state index is 13.2. The van der Waals surface area contributed by atoms with Crippen LogP contribution >= 0.6 is 0 Å². The van der Waals surface area contributed by atoms with Gasteiger partial charge in [0.25, 0.3) is 0 Å². The second kappa shape index (κ2) is 13.4. The van der Waals surface area contributed by atoms with Crippen LogP contribution < -0.4 is 0 Å². The number of nitrogens with zero attached hydrogens (tertiary/aromatic N) is 3. The Balaban J connectivity index is 2.09. The third kappa shape index (κ3) is 8.42. The van der Waals surface area contributed by atoms with Gasteiger partial charge in [-0.1, -0.05) is 43.7 Å². The van der Waals surface area contributed by atoms with E-state index in [1.165, 1.54) is 0 Å². The number of carbonyl (C=O) groups is 2. The van der Waals surface area contributed by atoms with Gasteiger partial charge >= 0.3 is 0 Å². The van der Waals surface area contributed by atoms with Crippen molar-refractivity contribution in [3.63, 3.8) is 0 Å². The normalized spacial score (nSPS) is 11.1. The van der Waals surface area contributed by atoms with Gasteiger partial charge in [0.15, 0.2) is 0 Å². The Kier molecular flexibility index (Phi) is 10.6. The van der Waals surface area contributed by atoms with Crippen LogP contribution in [0, 0.1) is 0 Å². The van der Waals surface area contributed by atoms with E-state index in [2.05, 4.69) is 6.92 Å². The van der Waals surface area contributed by atoms with E-state index >= 15 is 0 Å². The molecule has 0 saturated heterocycles. The van der Waals surface area contributed by atoms with Crippen molar-refractivity contribution in [2.45, 2.75) is 32.7 Å². The number of carbonyl (C=O) groups excluding carboxylic acids is 2. The summed E-state index contributed by atoms with van der Waals surface area (Å²) in [5, 5.41) is 0. The smallest absolute Gasteiger partial charge is 0.247 e. The first-order valence-electron chi connectivity index (χ1n) is 10.9. The molecule has 0 saturated carbocycles. The lowest BCUT2D eigenvalue weighted by Crippen LogP contribution is -2.43. The number of aryl methyl sites for hydroxylation is 1. The predicted octanol–water partition coefficient (Wildman–Crippen LogP) is 3.73. The third-order valence-electron chi connectivity index (χ3n) is 5.17. The van der Waals surface area contributed by atoms with Crippen molar-refractivity contribution in [3.8, 4) is 0 Å². The number of amides is 2. The molecule has 2 rings (SSSR count). The van der Waals surface area contributed by atoms with Gasteiger partial charge in [0.1, 0.15) is 6.54 Å². The quantitative estimate of drug-likeness (QED) is 0.363. The van der Waals surface area contributed by atoms with Crippen LogP contribution in [-0.4, -0.2) is 59.5 Å². The lowest BCUT2D eigenvalue weighted by Gasteiger charge is -2.27. The summed E-state index contributed by atoms with van der Waals surface area (Å²) in [6.45, 7) is 4.42. The molecule has 0 N–H and O–H groups in total. The molecule has 0 aliphatic heterocycles. The Hall–Kier alpha value is -2.86. The summed E-state index contributed by atoms with van der Waals surface area (Å²) in [5.41, 5.74) is 2.03. The second-order valence-corrected chi connectivity index (χ2v) is 7.63. The van der Waals surface area contributed by atoms with Gasteiger partial charge in [0, 0.05) is 51.8 Å². The minimum atomic E-state index is -0.164. The average Bonchev–Trinajstić information content (AvgIpc) is 3.19. The molecule has 0 bridgehead atoms. The molecule has 0 radical (unpaired) electrons. The van der Waals surface area contributed by atoms with Crippen LogP contribution in [0.2, 0.25) is 0 Å². The molecule has 2 aromatic rings. The van der Waals surface area contributed by atoms with Crippen LogP contribution in [0.1, 0.15) is 37.4 Å². The standard InChI is InChI=1S/C25H35N3O3/c1-4-5-17-27(20-23-13-9-16-26(23)2)25(30)21-28(18-10-19-31-3)24(29)15-14-22-11-7-6-8-12-22/h6-9,11-16H,4-5,10,17-21H2,1-3H3/b15-14+. The van der Waals surface area contributed by atoms with E-state index in [1.54, 1.807) is 24.2 Å². The van der Waals surface area contributed by atoms with Crippen LogP contribution in [0.25, 0.3) is 6.08 Å². The van der Waals surface area contributed by atoms with Gasteiger partial charge in [-0.15, -0.1) is 0 Å². The van der Waals surface area contributed by atoms with Gasteiger partial charge in [0.2, 0.25) is 11.8 Å². The number of methoxy groups -OCH3 is 1. The van der Waals surface area contributed by atoms with E-state index < -0.39 is 0 Å². The highest BCUT2D eigenvalue weighted by molar-refractivity contribution is 5.94. The van der Waals surface area contributed by atoms with E-state index in [9.17, 15) is 9.59 Å². The second-order valence-electron chi connectivity index (χ2n) is 7.63. The third-order valence-corrected chi connectivity index (χ3v) is 5.17. The van der Waals surface area contributed by atoms with Crippen molar-refractivity contribution in [3.05, 3.63) is 66.0 Å². The van der Waals surface area contributed by atoms with Crippen molar-refractivity contribution < 1.29 is 14.3 Å². The van der Waals surface area contributed by atoms with E-state index in [-0.39, 0.29) is 18.4 Å². The number of benzene rings is 1. The highest BCUT2D eigenvalue weighted by Gasteiger charge is 2.20. The highest BCUT2D eigenvalue weighted by Crippen LogP contribution is 2.09. The molecule has 6 heteroatoms. The summed E-state index contributed by atoms with van der Waals surface area (Å²) >= 11 is 0. The molecule has 31 heavy (non-hydrogen) atoms. The first-order valence-corrected chi connectivity index (χ1v) is 10.9. The Labute approximate surface area is 186 Å². The molecule has 0 unspecified atom stereocenters. The maximum Gasteiger partial charge on any atom is 0.247 e. The molecule has 6 nitrogen and oxygen atoms in total. The topological polar surface area (TPSA) is 54.8 Å². The van der Waals surface area contributed by atoms with Crippen LogP contribution in [0.3, 0.4) is 0 Å². The fraction of sp³-hybridized carbons (Fsp3) is 0.440. The average molecular weight is 426 g/mol. The summed E-state index contributed by atoms with van der Waals surface area (Å²) in [6.07, 6.45) is 7.93. The lowest BCUT2D eigenvalue weighted by molar-refractivity contribution is -0.138. The summed E-state index contributed by atoms with van der Waals surface area (Å²) in [7, 11) is 3.62. The largest absolute Gasteiger partial charge is 0.385 e. The minimum Gasteiger partial charge on any atom is -0.385 e. The number of hydrogen-bond donors (Lipinski definition) is 0. The molecule has 168 valence electrons. The summed E-state index contributed by atoms with van der Waals surface area (Å²) in [5.74, 6) is -0.198. The van der Waals surface area contributed by atoms with E-state index in [4.69, 9.17) is 4.74 Å². The van der Waals surface area contributed by atoms with Crippen LogP contribution in [-0.2, 0) is 27.9 Å². The first-order chi connectivity index (χ1) is 15.0. The fourth-order valence-electron chi connectivity index (χ4n) is 3.26. The molecule has 1 heterocycles. The van der Waals surface area contributed by atoms with Crippen LogP contribution in [0.5, 0.6) is 0 Å². The van der Waals surface area contributed by atoms with Crippen molar-refractivity contribution in [2.24, 2.45) is 7.05 Å². The zero-order valence-corrected chi connectivity index (χ0v) is 19.0. The highest BCUT2D eigenvalue weighted by atomic mass is 16.5. The van der Waals surface area contributed by atoms with Gasteiger partial charge in [-0.2, -0.15) is 0 Å². The Morgan fingerprint density at radius 3 is 2.42 bits per heavy atom. The van der Waals surface area contributed by atoms with Crippen molar-refractivity contribution in [2.75, 3.05) is 33.4 Å². The molecule has 0 aliphatic rings. The van der Waals surface area contributed by atoms with Crippen molar-refractivity contribution in [1.29, 1.82) is 0 Å². The molecular weight excluding hydrogens is 390 g/mol. The molecule has 2 amide bonds. The maximum atomic E-state index is 13.2. The van der Waals surface area contributed by atoms with Gasteiger partial charge in [0.05, 0.1) is 6.54 Å². The van der Waals surface area contributed by atoms with Crippen molar-refractivity contribution >= 4 is 17.9 Å². The number of ether oxygens (including phenoxy) is 1. The zero-order valence-electron chi connectivity index (χ0n) is 19.0. The van der Waals surface area contributed by atoms with E-state index in [1.807, 2.05) is 65.2 Å². The van der Waals surface area contributed by atoms with E-state index in [0.29, 0.717) is 32.7 Å². The Bertz CT molecular complexity index is 830. The monoisotopic (exact) mass is 425 g/mol. The lowest BCUT2D eigenvalue weighted by atomic mass is 10.2. The molecule has 1 aromatic heterocycles. The zero-order chi connectivity index (χ0) is 22.5. The van der Waals surface area contributed by atoms with Gasteiger partial charge in [-0.25, -0.2) is 0 Å². The molecule has 0 atom stereocenters. The minimum absolute atomic E-state index is 0.0338. The number of unbranched alkanes of at least 4 members (excludes halogenated alkanes) is 1. The number of hydrogen-bond acceptors (Lipinski definition) is 3. The molecule has 1 aromatic carbocycles. The number of aromatic nitrogens is 1. The first kappa shape index (κ1) is 24.4. The van der Waals surface area contributed by atoms with Gasteiger partial charge in [-0.3, -0.25) is 9.59 Å². The summed E-state index contributed by atoms with van der Waals surface area (Å²) in [6, 6.07) is 13.7. The Morgan fingerprint density at radius 1 is 1.03 bits per heavy atom. The van der Waals surface area contributed by atoms with Crippen LogP contribution in [0.4, 0.5) is 0 Å². The predicted molar refractivity (Wildman–Crippen MR) is 124 cm³/mol. The fourth-order valence-corrected chi connectivity index (χ4v) is 3.26. The SMILES string of the molecule is CCCCN(Cc1cccn1C)C(=O)CN(CCCOC)C(=O)/C=C/c1ccccc1. The molecular formula is C25H35N3O3. The molecule has 0 aliphatic carbocycles. The Morgan fingerprint density at radius 2 is 1.77 bits per heavy atom. The van der Waals surface area contributed by atoms with Crippen LogP contribution in [0.15, 0.2) is 54.7 Å². The summed E-state index contributed by atoms with van der Waals surface area (Å²) in [4.78, 5) is 29.5. The van der Waals surface area contributed by atoms with E-state index in [0.717, 1.165) is 24.1 Å². The molecule has 0 spiro atoms. The number of rotatable bonds is 13.